The maximum atomic E-state index is 12.3. The predicted octanol–water partition coefficient (Wildman–Crippen LogP) is 3.59. The zero-order valence-electron chi connectivity index (χ0n) is 15.8. The van der Waals surface area contributed by atoms with Gasteiger partial charge in [0.05, 0.1) is 4.90 Å². The largest absolute Gasteiger partial charge is 0.326 e. The molecule has 0 aliphatic carbocycles. The first-order valence-electron chi connectivity index (χ1n) is 8.63. The lowest BCUT2D eigenvalue weighted by atomic mass is 10.1. The molecule has 0 aliphatic rings. The van der Waals surface area contributed by atoms with E-state index in [2.05, 4.69) is 49.8 Å². The molecule has 3 N–H and O–H groups in total. The van der Waals surface area contributed by atoms with Gasteiger partial charge in [0.25, 0.3) is 0 Å². The molecule has 0 saturated heterocycles. The summed E-state index contributed by atoms with van der Waals surface area (Å²) in [5.41, 5.74) is 8.04. The Balaban J connectivity index is 0.00000364. The third-order valence-corrected chi connectivity index (χ3v) is 6.65. The number of hydrogen-bond acceptors (Lipinski definition) is 4. The van der Waals surface area contributed by atoms with Gasteiger partial charge in [0.15, 0.2) is 0 Å². The first-order chi connectivity index (χ1) is 12.4. The molecule has 0 aromatic heterocycles. The summed E-state index contributed by atoms with van der Waals surface area (Å²) in [5.74, 6) is 0. The molecule has 0 bridgehead atoms. The van der Waals surface area contributed by atoms with Crippen molar-refractivity contribution in [2.24, 2.45) is 5.73 Å². The first-order valence-corrected chi connectivity index (χ1v) is 10.9. The highest BCUT2D eigenvalue weighted by molar-refractivity contribution is 9.10. The van der Waals surface area contributed by atoms with Crippen LogP contribution in [0.25, 0.3) is 0 Å². The van der Waals surface area contributed by atoms with Crippen molar-refractivity contribution >= 4 is 50.8 Å². The minimum Gasteiger partial charge on any atom is -0.326 e. The Morgan fingerprint density at radius 3 is 2.21 bits per heavy atom. The van der Waals surface area contributed by atoms with Gasteiger partial charge in [-0.25, -0.2) is 13.1 Å². The fraction of sp³-hybridized carbons (Fsp3) is 0.368. The molecule has 5 nitrogen and oxygen atoms in total. The molecule has 0 unspecified atom stereocenters. The van der Waals surface area contributed by atoms with E-state index in [1.54, 1.807) is 24.3 Å². The number of aryl methyl sites for hydroxylation is 1. The summed E-state index contributed by atoms with van der Waals surface area (Å²) in [4.78, 5) is 2.40. The van der Waals surface area contributed by atoms with E-state index in [4.69, 9.17) is 5.73 Å². The second kappa shape index (κ2) is 13.5. The van der Waals surface area contributed by atoms with Crippen molar-refractivity contribution in [1.29, 1.82) is 0 Å². The standard InChI is InChI=1S/C19H26BrN3O2S.2ClH/c1-23(13-4-5-16-8-10-17(15-21)11-9-16)14-12-22-26(24,25)19-7-3-2-6-18(19)20;;/h2-3,6-11,22H,4-5,12-15,21H2,1H3;2*1H. The maximum Gasteiger partial charge on any atom is 0.241 e. The fourth-order valence-corrected chi connectivity index (χ4v) is 4.64. The molecule has 158 valence electrons. The molecular weight excluding hydrogens is 485 g/mol. The molecule has 2 aromatic carbocycles. The van der Waals surface area contributed by atoms with Gasteiger partial charge in [0.2, 0.25) is 10.0 Å². The second-order valence-corrected chi connectivity index (χ2v) is 8.85. The molecule has 0 spiro atoms. The number of nitrogens with one attached hydrogen (secondary N) is 1. The van der Waals surface area contributed by atoms with Crippen LogP contribution in [0.15, 0.2) is 57.9 Å². The highest BCUT2D eigenvalue weighted by Gasteiger charge is 2.16. The van der Waals surface area contributed by atoms with E-state index in [9.17, 15) is 8.42 Å². The minimum atomic E-state index is -3.49. The van der Waals surface area contributed by atoms with E-state index in [-0.39, 0.29) is 29.7 Å². The number of sulfonamides is 1. The smallest absolute Gasteiger partial charge is 0.241 e. The van der Waals surface area contributed by atoms with Gasteiger partial charge in [-0.1, -0.05) is 36.4 Å². The van der Waals surface area contributed by atoms with Crippen LogP contribution in [-0.2, 0) is 23.0 Å². The summed E-state index contributed by atoms with van der Waals surface area (Å²) < 4.78 is 27.9. The van der Waals surface area contributed by atoms with E-state index >= 15 is 0 Å². The van der Waals surface area contributed by atoms with Crippen LogP contribution < -0.4 is 10.5 Å². The van der Waals surface area contributed by atoms with Gasteiger partial charge in [0.1, 0.15) is 0 Å². The number of nitrogens with zero attached hydrogens (tertiary/aromatic N) is 1. The van der Waals surface area contributed by atoms with Crippen LogP contribution in [0.4, 0.5) is 0 Å². The Kier molecular flexibility index (Phi) is 13.2. The average molecular weight is 513 g/mol. The highest BCUT2D eigenvalue weighted by atomic mass is 79.9. The third-order valence-electron chi connectivity index (χ3n) is 4.18. The number of halogens is 3. The maximum absolute atomic E-state index is 12.3. The number of benzene rings is 2. The van der Waals surface area contributed by atoms with E-state index in [0.29, 0.717) is 24.1 Å². The van der Waals surface area contributed by atoms with Gasteiger partial charge in [-0.15, -0.1) is 24.8 Å². The van der Waals surface area contributed by atoms with Gasteiger partial charge in [-0.05, 0) is 65.6 Å². The average Bonchev–Trinajstić information content (AvgIpc) is 2.62. The van der Waals surface area contributed by atoms with E-state index < -0.39 is 10.0 Å². The van der Waals surface area contributed by atoms with Crippen LogP contribution in [0.2, 0.25) is 0 Å². The van der Waals surface area contributed by atoms with Gasteiger partial charge >= 0.3 is 0 Å². The molecule has 9 heteroatoms. The Hall–Kier alpha value is -0.670. The number of likely N-dealkylation sites (N-methyl/N-ethyl adjacent to an activating group) is 1. The lowest BCUT2D eigenvalue weighted by Gasteiger charge is -2.17. The Bertz CT molecular complexity index is 805. The summed E-state index contributed by atoms with van der Waals surface area (Å²) in [7, 11) is -1.49. The quantitative estimate of drug-likeness (QED) is 0.510. The lowest BCUT2D eigenvalue weighted by Crippen LogP contribution is -2.33. The molecule has 0 aliphatic heterocycles. The molecular formula is C19H28BrCl2N3O2S. The SMILES string of the molecule is CN(CCCc1ccc(CN)cc1)CCNS(=O)(=O)c1ccccc1Br.Cl.Cl. The van der Waals surface area contributed by atoms with Gasteiger partial charge in [-0.2, -0.15) is 0 Å². The predicted molar refractivity (Wildman–Crippen MR) is 124 cm³/mol. The zero-order chi connectivity index (χ0) is 19.0. The van der Waals surface area contributed by atoms with E-state index in [1.807, 2.05) is 7.05 Å². The van der Waals surface area contributed by atoms with Crippen molar-refractivity contribution in [1.82, 2.24) is 9.62 Å². The van der Waals surface area contributed by atoms with Crippen molar-refractivity contribution < 1.29 is 8.42 Å². The summed E-state index contributed by atoms with van der Waals surface area (Å²) in [6, 6.07) is 15.2. The van der Waals surface area contributed by atoms with Crippen LogP contribution in [0, 0.1) is 0 Å². The van der Waals surface area contributed by atoms with Crippen molar-refractivity contribution in [3.8, 4) is 0 Å². The lowest BCUT2D eigenvalue weighted by molar-refractivity contribution is 0.334. The number of rotatable bonds is 10. The molecule has 28 heavy (non-hydrogen) atoms. The molecule has 0 fully saturated rings. The van der Waals surface area contributed by atoms with Crippen LogP contribution >= 0.6 is 40.7 Å². The summed E-state index contributed by atoms with van der Waals surface area (Å²) in [6.07, 6.45) is 2.02. The molecule has 0 heterocycles. The number of nitrogens with two attached hydrogens (primary N) is 1. The molecule has 2 rings (SSSR count). The van der Waals surface area contributed by atoms with E-state index in [1.165, 1.54) is 5.56 Å². The Morgan fingerprint density at radius 2 is 1.61 bits per heavy atom. The van der Waals surface area contributed by atoms with E-state index in [0.717, 1.165) is 24.9 Å². The van der Waals surface area contributed by atoms with Crippen molar-refractivity contribution in [2.45, 2.75) is 24.3 Å². The van der Waals surface area contributed by atoms with Crippen LogP contribution in [0.1, 0.15) is 17.5 Å². The summed E-state index contributed by atoms with van der Waals surface area (Å²) in [5, 5.41) is 0. The van der Waals surface area contributed by atoms with Crippen molar-refractivity contribution in [2.75, 3.05) is 26.7 Å². The van der Waals surface area contributed by atoms with Crippen molar-refractivity contribution in [3.63, 3.8) is 0 Å². The zero-order valence-corrected chi connectivity index (χ0v) is 19.8. The van der Waals surface area contributed by atoms with Crippen LogP contribution in [0.5, 0.6) is 0 Å². The summed E-state index contributed by atoms with van der Waals surface area (Å²) >= 11 is 3.28. The molecule has 2 aromatic rings. The van der Waals surface area contributed by atoms with Crippen molar-refractivity contribution in [3.05, 3.63) is 64.1 Å². The normalized spacial score (nSPS) is 11.0. The van der Waals surface area contributed by atoms with Gasteiger partial charge in [0, 0.05) is 24.1 Å². The monoisotopic (exact) mass is 511 g/mol. The van der Waals surface area contributed by atoms with Gasteiger partial charge < -0.3 is 10.6 Å². The Morgan fingerprint density at radius 1 is 1.00 bits per heavy atom. The van der Waals surface area contributed by atoms with Crippen LogP contribution in [0.3, 0.4) is 0 Å². The fourth-order valence-electron chi connectivity index (χ4n) is 2.62. The second-order valence-electron chi connectivity index (χ2n) is 6.26. The minimum absolute atomic E-state index is 0. The molecule has 0 amide bonds. The Labute approximate surface area is 189 Å². The third kappa shape index (κ3) is 8.78. The topological polar surface area (TPSA) is 75.4 Å². The highest BCUT2D eigenvalue weighted by Crippen LogP contribution is 2.20. The molecule has 0 atom stereocenters. The number of hydrogen-bond donors (Lipinski definition) is 2. The summed E-state index contributed by atoms with van der Waals surface area (Å²) in [6.45, 7) is 2.52. The molecule has 0 saturated carbocycles. The molecule has 0 radical (unpaired) electrons. The first kappa shape index (κ1) is 27.3. The van der Waals surface area contributed by atoms with Gasteiger partial charge in [-0.3, -0.25) is 0 Å². The van der Waals surface area contributed by atoms with Crippen LogP contribution in [-0.4, -0.2) is 40.0 Å².